The van der Waals surface area contributed by atoms with Gasteiger partial charge in [-0.3, -0.25) is 9.59 Å². The molecular formula is C20H18ClN5O5S. The highest BCUT2D eigenvalue weighted by molar-refractivity contribution is 7.89. The molecule has 32 heavy (non-hydrogen) atoms. The number of rotatable bonds is 4. The summed E-state index contributed by atoms with van der Waals surface area (Å²) < 4.78 is 22.7. The van der Waals surface area contributed by atoms with E-state index >= 15 is 0 Å². The van der Waals surface area contributed by atoms with E-state index in [2.05, 4.69) is 10.6 Å². The second kappa shape index (κ2) is 7.93. The summed E-state index contributed by atoms with van der Waals surface area (Å²) in [6.07, 6.45) is 1.49. The van der Waals surface area contributed by atoms with Crippen molar-refractivity contribution < 1.29 is 22.8 Å². The van der Waals surface area contributed by atoms with Crippen molar-refractivity contribution in [2.24, 2.45) is 5.14 Å². The molecule has 4 rings (SSSR count). The van der Waals surface area contributed by atoms with E-state index in [1.54, 1.807) is 36.2 Å². The molecule has 2 aromatic carbocycles. The number of urea groups is 1. The zero-order chi connectivity index (χ0) is 23.2. The van der Waals surface area contributed by atoms with Gasteiger partial charge in [-0.15, -0.1) is 0 Å². The lowest BCUT2D eigenvalue weighted by Crippen LogP contribution is -2.65. The normalized spacial score (nSPS) is 20.5. The van der Waals surface area contributed by atoms with Gasteiger partial charge in [0.05, 0.1) is 22.2 Å². The van der Waals surface area contributed by atoms with Gasteiger partial charge in [0.15, 0.2) is 0 Å². The van der Waals surface area contributed by atoms with Crippen LogP contribution in [0.2, 0.25) is 5.02 Å². The van der Waals surface area contributed by atoms with Crippen LogP contribution in [0.4, 0.5) is 16.2 Å². The van der Waals surface area contributed by atoms with Gasteiger partial charge in [0.2, 0.25) is 10.0 Å². The molecule has 2 atom stereocenters. The standard InChI is InChI=1S/C20H18ClN5O5S/c1-25-10-15(18(27)23-12-4-8-14(9-5-12)32(22,30)31)16-17(25)19(28)26(20(29)24-16)13-6-2-11(21)3-7-13/h2-10,16-17H,1H3,(H,23,27)(H,24,29)(H2,22,30,31). The Balaban J connectivity index is 1.54. The summed E-state index contributed by atoms with van der Waals surface area (Å²) in [6.45, 7) is 0. The summed E-state index contributed by atoms with van der Waals surface area (Å²) in [5.41, 5.74) is 0.868. The number of hydrogen-bond donors (Lipinski definition) is 3. The van der Waals surface area contributed by atoms with Gasteiger partial charge in [-0.25, -0.2) is 23.3 Å². The van der Waals surface area contributed by atoms with Crippen molar-refractivity contribution in [1.29, 1.82) is 0 Å². The largest absolute Gasteiger partial charge is 0.366 e. The van der Waals surface area contributed by atoms with E-state index in [0.29, 0.717) is 16.4 Å². The van der Waals surface area contributed by atoms with Gasteiger partial charge in [-0.1, -0.05) is 11.6 Å². The van der Waals surface area contributed by atoms with Crippen molar-refractivity contribution in [2.45, 2.75) is 17.0 Å². The lowest BCUT2D eigenvalue weighted by Gasteiger charge is -2.37. The minimum atomic E-state index is -3.86. The average molecular weight is 476 g/mol. The minimum Gasteiger partial charge on any atom is -0.366 e. The predicted octanol–water partition coefficient (Wildman–Crippen LogP) is 1.25. The van der Waals surface area contributed by atoms with E-state index in [9.17, 15) is 22.8 Å². The minimum absolute atomic E-state index is 0.0946. The molecule has 1 saturated heterocycles. The fourth-order valence-corrected chi connectivity index (χ4v) is 4.30. The highest BCUT2D eigenvalue weighted by Crippen LogP contribution is 2.30. The molecular weight excluding hydrogens is 458 g/mol. The summed E-state index contributed by atoms with van der Waals surface area (Å²) in [4.78, 5) is 41.2. The molecule has 4 amide bonds. The lowest BCUT2D eigenvalue weighted by molar-refractivity contribution is -0.122. The van der Waals surface area contributed by atoms with Crippen LogP contribution in [0.1, 0.15) is 0 Å². The number of nitrogens with zero attached hydrogens (tertiary/aromatic N) is 2. The van der Waals surface area contributed by atoms with E-state index in [1.165, 1.54) is 30.5 Å². The van der Waals surface area contributed by atoms with Gasteiger partial charge >= 0.3 is 6.03 Å². The van der Waals surface area contributed by atoms with Crippen molar-refractivity contribution in [1.82, 2.24) is 10.2 Å². The van der Waals surface area contributed by atoms with Crippen LogP contribution in [0, 0.1) is 0 Å². The zero-order valence-corrected chi connectivity index (χ0v) is 18.2. The maximum absolute atomic E-state index is 13.1. The predicted molar refractivity (Wildman–Crippen MR) is 117 cm³/mol. The first-order valence-electron chi connectivity index (χ1n) is 9.34. The molecule has 2 aliphatic rings. The van der Waals surface area contributed by atoms with Gasteiger partial charge in [0.25, 0.3) is 11.8 Å². The molecule has 0 spiro atoms. The highest BCUT2D eigenvalue weighted by atomic mass is 35.5. The van der Waals surface area contributed by atoms with Crippen molar-refractivity contribution in [2.75, 3.05) is 17.3 Å². The van der Waals surface area contributed by atoms with Crippen LogP contribution in [0.5, 0.6) is 0 Å². The fraction of sp³-hybridized carbons (Fsp3) is 0.150. The van der Waals surface area contributed by atoms with Gasteiger partial charge < -0.3 is 15.5 Å². The van der Waals surface area contributed by atoms with Gasteiger partial charge in [0.1, 0.15) is 6.04 Å². The third-order valence-corrected chi connectivity index (χ3v) is 6.36. The molecule has 0 bridgehead atoms. The topological polar surface area (TPSA) is 142 Å². The molecule has 166 valence electrons. The molecule has 0 radical (unpaired) electrons. The molecule has 12 heteroatoms. The summed E-state index contributed by atoms with van der Waals surface area (Å²) in [6, 6.07) is 9.23. The maximum atomic E-state index is 13.1. The number of hydrogen-bond acceptors (Lipinski definition) is 6. The molecule has 2 aromatic rings. The number of amides is 4. The number of likely N-dealkylation sites (N-methyl/N-ethyl adjacent to an activating group) is 1. The van der Waals surface area contributed by atoms with Gasteiger partial charge in [-0.05, 0) is 48.5 Å². The third-order valence-electron chi connectivity index (χ3n) is 5.18. The van der Waals surface area contributed by atoms with E-state index < -0.39 is 40.0 Å². The number of benzene rings is 2. The Morgan fingerprint density at radius 2 is 1.72 bits per heavy atom. The highest BCUT2D eigenvalue weighted by Gasteiger charge is 2.49. The molecule has 0 saturated carbocycles. The Morgan fingerprint density at radius 1 is 1.09 bits per heavy atom. The molecule has 2 unspecified atom stereocenters. The molecule has 0 aromatic heterocycles. The van der Waals surface area contributed by atoms with E-state index in [1.807, 2.05) is 0 Å². The van der Waals surface area contributed by atoms with Crippen molar-refractivity contribution in [3.8, 4) is 0 Å². The van der Waals surface area contributed by atoms with E-state index in [0.717, 1.165) is 4.90 Å². The number of carbonyl (C=O) groups is 3. The molecule has 2 aliphatic heterocycles. The molecule has 10 nitrogen and oxygen atoms in total. The number of anilines is 2. The van der Waals surface area contributed by atoms with Crippen LogP contribution in [0.3, 0.4) is 0 Å². The number of fused-ring (bicyclic) bond motifs is 1. The maximum Gasteiger partial charge on any atom is 0.329 e. The molecule has 2 heterocycles. The second-order valence-corrected chi connectivity index (χ2v) is 9.29. The summed E-state index contributed by atoms with van der Waals surface area (Å²) in [5, 5.41) is 10.9. The zero-order valence-electron chi connectivity index (χ0n) is 16.7. The Kier molecular flexibility index (Phi) is 5.41. The quantitative estimate of drug-likeness (QED) is 0.607. The number of halogens is 1. The van der Waals surface area contributed by atoms with E-state index in [4.69, 9.17) is 16.7 Å². The van der Waals surface area contributed by atoms with Crippen LogP contribution < -0.4 is 20.7 Å². The SMILES string of the molecule is CN1C=C(C(=O)Nc2ccc(S(N)(=O)=O)cc2)C2NC(=O)N(c3ccc(Cl)cc3)C(=O)C21. The van der Waals surface area contributed by atoms with Crippen molar-refractivity contribution in [3.63, 3.8) is 0 Å². The van der Waals surface area contributed by atoms with Crippen molar-refractivity contribution >= 4 is 50.8 Å². The molecule has 1 fully saturated rings. The number of imide groups is 1. The number of nitrogens with two attached hydrogens (primary N) is 1. The van der Waals surface area contributed by atoms with Crippen LogP contribution in [-0.4, -0.2) is 50.3 Å². The lowest BCUT2D eigenvalue weighted by atomic mass is 9.99. The van der Waals surface area contributed by atoms with Crippen LogP contribution >= 0.6 is 11.6 Å². The monoisotopic (exact) mass is 475 g/mol. The first-order chi connectivity index (χ1) is 15.1. The molecule has 0 aliphatic carbocycles. The van der Waals surface area contributed by atoms with Crippen LogP contribution in [0.15, 0.2) is 65.2 Å². The fourth-order valence-electron chi connectivity index (χ4n) is 3.65. The first kappa shape index (κ1) is 21.8. The van der Waals surface area contributed by atoms with Gasteiger partial charge in [-0.2, -0.15) is 0 Å². The third kappa shape index (κ3) is 3.93. The van der Waals surface area contributed by atoms with Crippen LogP contribution in [-0.2, 0) is 19.6 Å². The number of primary sulfonamides is 1. The Labute approximate surface area is 188 Å². The first-order valence-corrected chi connectivity index (χ1v) is 11.3. The van der Waals surface area contributed by atoms with Crippen LogP contribution in [0.25, 0.3) is 0 Å². The Hall–Kier alpha value is -3.41. The summed E-state index contributed by atoms with van der Waals surface area (Å²) >= 11 is 5.89. The van der Waals surface area contributed by atoms with E-state index in [-0.39, 0.29) is 10.5 Å². The summed E-state index contributed by atoms with van der Waals surface area (Å²) in [7, 11) is -2.22. The van der Waals surface area contributed by atoms with Gasteiger partial charge in [0, 0.05) is 24.0 Å². The Bertz CT molecular complexity index is 1240. The summed E-state index contributed by atoms with van der Waals surface area (Å²) in [5.74, 6) is -1.03. The molecule has 4 N–H and O–H groups in total. The smallest absolute Gasteiger partial charge is 0.329 e. The van der Waals surface area contributed by atoms with Crippen molar-refractivity contribution in [3.05, 3.63) is 65.3 Å². The number of sulfonamides is 1. The number of carbonyl (C=O) groups excluding carboxylic acids is 3. The second-order valence-electron chi connectivity index (χ2n) is 7.30. The average Bonchev–Trinajstić information content (AvgIpc) is 3.05. The number of nitrogens with one attached hydrogen (secondary N) is 2. The Morgan fingerprint density at radius 3 is 2.31 bits per heavy atom.